The van der Waals surface area contributed by atoms with E-state index in [1.165, 1.54) is 31.3 Å². The third-order valence-corrected chi connectivity index (χ3v) is 3.05. The second-order valence-corrected chi connectivity index (χ2v) is 4.37. The van der Waals surface area contributed by atoms with E-state index in [9.17, 15) is 4.79 Å². The Morgan fingerprint density at radius 2 is 2.35 bits per heavy atom. The zero-order valence-electron chi connectivity index (χ0n) is 10.1. The maximum absolute atomic E-state index is 11.7. The number of aromatic amines is 1. The second kappa shape index (κ2) is 5.61. The summed E-state index contributed by atoms with van der Waals surface area (Å²) < 4.78 is 0. The van der Waals surface area contributed by atoms with Gasteiger partial charge in [-0.1, -0.05) is 11.6 Å². The highest BCUT2D eigenvalue weighted by Gasteiger charge is 2.12. The Morgan fingerprint density at radius 1 is 1.47 bits per heavy atom. The molecular weight excluding hydrogens is 216 g/mol. The molecule has 0 atom stereocenters. The van der Waals surface area contributed by atoms with Crippen molar-refractivity contribution in [2.45, 2.75) is 39.0 Å². The molecule has 0 saturated heterocycles. The van der Waals surface area contributed by atoms with E-state index in [0.29, 0.717) is 17.9 Å². The van der Waals surface area contributed by atoms with Gasteiger partial charge in [-0.15, -0.1) is 0 Å². The highest BCUT2D eigenvalue weighted by atomic mass is 16.2. The third-order valence-electron chi connectivity index (χ3n) is 3.05. The van der Waals surface area contributed by atoms with Crippen molar-refractivity contribution in [1.29, 1.82) is 0 Å². The molecule has 0 saturated carbocycles. The van der Waals surface area contributed by atoms with Crippen LogP contribution >= 0.6 is 0 Å². The summed E-state index contributed by atoms with van der Waals surface area (Å²) in [7, 11) is 0. The van der Waals surface area contributed by atoms with Gasteiger partial charge in [-0.05, 0) is 39.0 Å². The van der Waals surface area contributed by atoms with Crippen LogP contribution in [0.1, 0.15) is 48.3 Å². The van der Waals surface area contributed by atoms with E-state index in [2.05, 4.69) is 26.8 Å². The number of allylic oxidation sites excluding steroid dienone is 1. The lowest BCUT2D eigenvalue weighted by Gasteiger charge is -2.12. The van der Waals surface area contributed by atoms with Crippen LogP contribution in [-0.4, -0.2) is 27.9 Å². The molecule has 5 nitrogen and oxygen atoms in total. The summed E-state index contributed by atoms with van der Waals surface area (Å²) in [6.07, 6.45) is 8.19. The van der Waals surface area contributed by atoms with E-state index in [0.717, 1.165) is 6.42 Å². The second-order valence-electron chi connectivity index (χ2n) is 4.37. The molecule has 1 aliphatic carbocycles. The summed E-state index contributed by atoms with van der Waals surface area (Å²) in [5.74, 6) is -0.146. The molecule has 0 radical (unpaired) electrons. The number of nitrogens with zero attached hydrogens (tertiary/aromatic N) is 2. The van der Waals surface area contributed by atoms with Crippen LogP contribution in [0.25, 0.3) is 0 Å². The van der Waals surface area contributed by atoms with Crippen LogP contribution in [0.2, 0.25) is 0 Å². The van der Waals surface area contributed by atoms with Gasteiger partial charge in [0.05, 0.1) is 5.69 Å². The largest absolute Gasteiger partial charge is 0.350 e. The summed E-state index contributed by atoms with van der Waals surface area (Å²) in [5, 5.41) is 13.0. The predicted octanol–water partition coefficient (Wildman–Crippen LogP) is 1.73. The quantitative estimate of drug-likeness (QED) is 0.779. The van der Waals surface area contributed by atoms with Crippen LogP contribution in [0.15, 0.2) is 11.6 Å². The molecule has 92 valence electrons. The molecule has 2 rings (SSSR count). The number of hydrogen-bond acceptors (Lipinski definition) is 3. The normalized spacial score (nSPS) is 15.5. The van der Waals surface area contributed by atoms with E-state index in [-0.39, 0.29) is 5.91 Å². The Bertz CT molecular complexity index is 422. The molecule has 0 aromatic carbocycles. The van der Waals surface area contributed by atoms with Crippen LogP contribution in [0.4, 0.5) is 0 Å². The molecule has 0 unspecified atom stereocenters. The monoisotopic (exact) mass is 234 g/mol. The Labute approximate surface area is 101 Å². The molecule has 1 aromatic rings. The Morgan fingerprint density at radius 3 is 3.00 bits per heavy atom. The van der Waals surface area contributed by atoms with Gasteiger partial charge >= 0.3 is 0 Å². The van der Waals surface area contributed by atoms with Gasteiger partial charge in [0.2, 0.25) is 0 Å². The number of H-pyrrole nitrogens is 1. The van der Waals surface area contributed by atoms with Crippen molar-refractivity contribution in [1.82, 2.24) is 20.7 Å². The summed E-state index contributed by atoms with van der Waals surface area (Å²) in [6.45, 7) is 2.44. The minimum Gasteiger partial charge on any atom is -0.350 e. The van der Waals surface area contributed by atoms with E-state index >= 15 is 0 Å². The number of nitrogens with one attached hydrogen (secondary N) is 2. The first-order chi connectivity index (χ1) is 8.27. The maximum atomic E-state index is 11.7. The summed E-state index contributed by atoms with van der Waals surface area (Å²) in [5.41, 5.74) is 2.50. The zero-order chi connectivity index (χ0) is 12.1. The fraction of sp³-hybridized carbons (Fsp3) is 0.583. The number of carbonyl (C=O) groups excluding carboxylic acids is 1. The summed E-state index contributed by atoms with van der Waals surface area (Å²) >= 11 is 0. The molecule has 0 fully saturated rings. The smallest absolute Gasteiger partial charge is 0.273 e. The molecule has 1 aromatic heterocycles. The standard InChI is InChI=1S/C12H18N4O/c1-9-11(15-16-14-9)12(17)13-8-7-10-5-3-2-4-6-10/h5H,2-4,6-8H2,1H3,(H,13,17)(H,14,15,16). The first kappa shape index (κ1) is 11.8. The summed E-state index contributed by atoms with van der Waals surface area (Å²) in [6, 6.07) is 0. The van der Waals surface area contributed by atoms with Crippen LogP contribution in [0, 0.1) is 6.92 Å². The van der Waals surface area contributed by atoms with Gasteiger partial charge in [0, 0.05) is 6.54 Å². The van der Waals surface area contributed by atoms with Gasteiger partial charge in [-0.25, -0.2) is 0 Å². The number of amides is 1. The first-order valence-corrected chi connectivity index (χ1v) is 6.11. The number of rotatable bonds is 4. The van der Waals surface area contributed by atoms with Crippen molar-refractivity contribution in [2.24, 2.45) is 0 Å². The van der Waals surface area contributed by atoms with Gasteiger partial charge in [0.15, 0.2) is 5.69 Å². The minimum atomic E-state index is -0.146. The number of aryl methyl sites for hydroxylation is 1. The SMILES string of the molecule is Cc1n[nH]nc1C(=O)NCCC1=CCCCC1. The molecule has 0 bridgehead atoms. The van der Waals surface area contributed by atoms with Gasteiger partial charge in [-0.3, -0.25) is 4.79 Å². The van der Waals surface area contributed by atoms with E-state index in [1.54, 1.807) is 6.92 Å². The molecule has 2 N–H and O–H groups in total. The van der Waals surface area contributed by atoms with Crippen molar-refractivity contribution in [3.05, 3.63) is 23.0 Å². The lowest BCUT2D eigenvalue weighted by molar-refractivity contribution is 0.0948. The molecule has 0 aliphatic heterocycles. The van der Waals surface area contributed by atoms with E-state index < -0.39 is 0 Å². The number of hydrogen-bond donors (Lipinski definition) is 2. The van der Waals surface area contributed by atoms with Crippen LogP contribution in [0.5, 0.6) is 0 Å². The third kappa shape index (κ3) is 3.15. The minimum absolute atomic E-state index is 0.146. The van der Waals surface area contributed by atoms with Crippen molar-refractivity contribution in [2.75, 3.05) is 6.54 Å². The highest BCUT2D eigenvalue weighted by Crippen LogP contribution is 2.19. The predicted molar refractivity (Wildman–Crippen MR) is 64.6 cm³/mol. The molecule has 1 heterocycles. The Hall–Kier alpha value is -1.65. The van der Waals surface area contributed by atoms with Crippen LogP contribution in [0.3, 0.4) is 0 Å². The lowest BCUT2D eigenvalue weighted by Crippen LogP contribution is -2.25. The van der Waals surface area contributed by atoms with Gasteiger partial charge in [0.1, 0.15) is 0 Å². The molecular formula is C12H18N4O. The fourth-order valence-corrected chi connectivity index (χ4v) is 2.05. The lowest BCUT2D eigenvalue weighted by atomic mass is 9.97. The van der Waals surface area contributed by atoms with Gasteiger partial charge in [-0.2, -0.15) is 15.4 Å². The van der Waals surface area contributed by atoms with Crippen molar-refractivity contribution >= 4 is 5.91 Å². The molecule has 1 amide bonds. The van der Waals surface area contributed by atoms with Gasteiger partial charge in [0.25, 0.3) is 5.91 Å². The van der Waals surface area contributed by atoms with Crippen molar-refractivity contribution < 1.29 is 4.79 Å². The average Bonchev–Trinajstić information content (AvgIpc) is 2.77. The van der Waals surface area contributed by atoms with Crippen LogP contribution < -0.4 is 5.32 Å². The highest BCUT2D eigenvalue weighted by molar-refractivity contribution is 5.93. The molecule has 5 heteroatoms. The average molecular weight is 234 g/mol. The fourth-order valence-electron chi connectivity index (χ4n) is 2.05. The van der Waals surface area contributed by atoms with Crippen molar-refractivity contribution in [3.8, 4) is 0 Å². The van der Waals surface area contributed by atoms with E-state index in [4.69, 9.17) is 0 Å². The Kier molecular flexibility index (Phi) is 3.90. The van der Waals surface area contributed by atoms with E-state index in [1.807, 2.05) is 0 Å². The first-order valence-electron chi connectivity index (χ1n) is 6.11. The Balaban J connectivity index is 1.77. The maximum Gasteiger partial charge on any atom is 0.273 e. The van der Waals surface area contributed by atoms with Gasteiger partial charge < -0.3 is 5.32 Å². The van der Waals surface area contributed by atoms with Crippen LogP contribution in [-0.2, 0) is 0 Å². The summed E-state index contributed by atoms with van der Waals surface area (Å²) in [4.78, 5) is 11.7. The zero-order valence-corrected chi connectivity index (χ0v) is 10.1. The van der Waals surface area contributed by atoms with Crippen molar-refractivity contribution in [3.63, 3.8) is 0 Å². The molecule has 17 heavy (non-hydrogen) atoms. The molecule has 0 spiro atoms. The topological polar surface area (TPSA) is 70.7 Å². The number of aromatic nitrogens is 3. The number of carbonyl (C=O) groups is 1. The molecule has 1 aliphatic rings.